The van der Waals surface area contributed by atoms with Crippen molar-refractivity contribution in [3.63, 3.8) is 0 Å². The number of carbonyl (C=O) groups excluding carboxylic acids is 3. The molecule has 0 radical (unpaired) electrons. The van der Waals surface area contributed by atoms with Crippen molar-refractivity contribution in [2.75, 3.05) is 11.9 Å². The number of esters is 1. The van der Waals surface area contributed by atoms with Crippen molar-refractivity contribution < 1.29 is 19.1 Å². The van der Waals surface area contributed by atoms with Crippen LogP contribution >= 0.6 is 0 Å². The first-order valence-corrected chi connectivity index (χ1v) is 7.69. The van der Waals surface area contributed by atoms with Crippen LogP contribution in [0, 0.1) is 0 Å². The summed E-state index contributed by atoms with van der Waals surface area (Å²) >= 11 is 0. The largest absolute Gasteiger partial charge is 0.462 e. The van der Waals surface area contributed by atoms with Crippen molar-refractivity contribution >= 4 is 23.3 Å². The van der Waals surface area contributed by atoms with Gasteiger partial charge >= 0.3 is 5.97 Å². The molecule has 0 aliphatic heterocycles. The van der Waals surface area contributed by atoms with Crippen LogP contribution in [0.2, 0.25) is 0 Å². The maximum atomic E-state index is 11.9. The van der Waals surface area contributed by atoms with Gasteiger partial charge in [-0.2, -0.15) is 0 Å². The predicted molar refractivity (Wildman–Crippen MR) is 91.0 cm³/mol. The molecule has 1 N–H and O–H groups in total. The SMILES string of the molecule is CC(=O)Nc1ccc(C(=O)OCCCC(=O)c2ccccc2)cc1. The third-order valence-corrected chi connectivity index (χ3v) is 3.32. The molecule has 5 heteroatoms. The third-order valence-electron chi connectivity index (χ3n) is 3.32. The van der Waals surface area contributed by atoms with Crippen LogP contribution in [0.15, 0.2) is 54.6 Å². The number of ether oxygens (including phenoxy) is 1. The topological polar surface area (TPSA) is 72.5 Å². The molecule has 0 aliphatic carbocycles. The highest BCUT2D eigenvalue weighted by atomic mass is 16.5. The fourth-order valence-electron chi connectivity index (χ4n) is 2.14. The Balaban J connectivity index is 1.75. The van der Waals surface area contributed by atoms with E-state index in [-0.39, 0.29) is 18.3 Å². The van der Waals surface area contributed by atoms with E-state index in [1.165, 1.54) is 6.92 Å². The van der Waals surface area contributed by atoms with Crippen LogP contribution in [0.25, 0.3) is 0 Å². The van der Waals surface area contributed by atoms with Crippen LogP contribution in [-0.4, -0.2) is 24.3 Å². The highest BCUT2D eigenvalue weighted by molar-refractivity contribution is 5.96. The first kappa shape index (κ1) is 17.4. The maximum Gasteiger partial charge on any atom is 0.338 e. The highest BCUT2D eigenvalue weighted by Gasteiger charge is 2.09. The van der Waals surface area contributed by atoms with Gasteiger partial charge in [0, 0.05) is 24.6 Å². The molecular formula is C19H19NO4. The lowest BCUT2D eigenvalue weighted by Crippen LogP contribution is -2.09. The number of benzene rings is 2. The molecule has 0 bridgehead atoms. The second-order valence-electron chi connectivity index (χ2n) is 5.29. The van der Waals surface area contributed by atoms with Gasteiger partial charge < -0.3 is 10.1 Å². The molecule has 0 saturated heterocycles. The van der Waals surface area contributed by atoms with Crippen LogP contribution in [0.3, 0.4) is 0 Å². The molecule has 1 amide bonds. The van der Waals surface area contributed by atoms with E-state index in [4.69, 9.17) is 4.74 Å². The maximum absolute atomic E-state index is 11.9. The fourth-order valence-corrected chi connectivity index (χ4v) is 2.14. The van der Waals surface area contributed by atoms with Gasteiger partial charge in [-0.15, -0.1) is 0 Å². The molecule has 0 aromatic heterocycles. The summed E-state index contributed by atoms with van der Waals surface area (Å²) in [5.41, 5.74) is 1.68. The zero-order chi connectivity index (χ0) is 17.4. The van der Waals surface area contributed by atoms with Crippen molar-refractivity contribution in [3.05, 3.63) is 65.7 Å². The molecule has 2 aromatic carbocycles. The molecule has 0 unspecified atom stereocenters. The molecule has 0 atom stereocenters. The number of hydrogen-bond donors (Lipinski definition) is 1. The van der Waals surface area contributed by atoms with Gasteiger partial charge in [-0.05, 0) is 30.7 Å². The van der Waals surface area contributed by atoms with E-state index >= 15 is 0 Å². The molecule has 2 aromatic rings. The monoisotopic (exact) mass is 325 g/mol. The van der Waals surface area contributed by atoms with Gasteiger partial charge in [0.05, 0.1) is 12.2 Å². The summed E-state index contributed by atoms with van der Waals surface area (Å²) in [5.74, 6) is -0.587. The Bertz CT molecular complexity index is 708. The second-order valence-corrected chi connectivity index (χ2v) is 5.29. The summed E-state index contributed by atoms with van der Waals surface area (Å²) in [5, 5.41) is 2.62. The summed E-state index contributed by atoms with van der Waals surface area (Å²) in [7, 11) is 0. The summed E-state index contributed by atoms with van der Waals surface area (Å²) in [6.07, 6.45) is 0.808. The Morgan fingerprint density at radius 3 is 2.21 bits per heavy atom. The number of anilines is 1. The van der Waals surface area contributed by atoms with E-state index in [1.807, 2.05) is 18.2 Å². The standard InChI is InChI=1S/C19H19NO4/c1-14(21)20-17-11-9-16(10-12-17)19(23)24-13-5-8-18(22)15-6-3-2-4-7-15/h2-4,6-7,9-12H,5,8,13H2,1H3,(H,20,21). The smallest absolute Gasteiger partial charge is 0.338 e. The lowest BCUT2D eigenvalue weighted by Gasteiger charge is -2.06. The minimum Gasteiger partial charge on any atom is -0.462 e. The highest BCUT2D eigenvalue weighted by Crippen LogP contribution is 2.11. The number of amides is 1. The van der Waals surface area contributed by atoms with Gasteiger partial charge in [0.25, 0.3) is 0 Å². The average molecular weight is 325 g/mol. The Kier molecular flexibility index (Phi) is 6.25. The summed E-state index contributed by atoms with van der Waals surface area (Å²) in [6.45, 7) is 1.60. The van der Waals surface area contributed by atoms with Crippen LogP contribution < -0.4 is 5.32 Å². The fraction of sp³-hybridized carbons (Fsp3) is 0.211. The van der Waals surface area contributed by atoms with E-state index in [1.54, 1.807) is 36.4 Å². The number of Topliss-reactive ketones (excluding diaryl/α,β-unsaturated/α-hetero) is 1. The normalized spacial score (nSPS) is 10.0. The van der Waals surface area contributed by atoms with Gasteiger partial charge in [0.1, 0.15) is 0 Å². The first-order chi connectivity index (χ1) is 11.6. The van der Waals surface area contributed by atoms with Crippen molar-refractivity contribution in [1.82, 2.24) is 0 Å². The molecule has 5 nitrogen and oxygen atoms in total. The Morgan fingerprint density at radius 2 is 1.58 bits per heavy atom. The predicted octanol–water partition coefficient (Wildman–Crippen LogP) is 3.46. The van der Waals surface area contributed by atoms with E-state index in [0.29, 0.717) is 29.7 Å². The molecule has 0 heterocycles. The molecule has 2 rings (SSSR count). The summed E-state index contributed by atoms with van der Waals surface area (Å²) in [4.78, 5) is 34.7. The molecule has 124 valence electrons. The van der Waals surface area contributed by atoms with Gasteiger partial charge in [-0.1, -0.05) is 30.3 Å². The molecular weight excluding hydrogens is 306 g/mol. The molecule has 0 aliphatic rings. The van der Waals surface area contributed by atoms with E-state index in [0.717, 1.165) is 0 Å². The second kappa shape index (κ2) is 8.62. The van der Waals surface area contributed by atoms with Crippen LogP contribution in [0.1, 0.15) is 40.5 Å². The lowest BCUT2D eigenvalue weighted by atomic mass is 10.1. The van der Waals surface area contributed by atoms with Crippen LogP contribution in [0.4, 0.5) is 5.69 Å². The number of ketones is 1. The number of rotatable bonds is 7. The van der Waals surface area contributed by atoms with E-state index in [9.17, 15) is 14.4 Å². The van der Waals surface area contributed by atoms with Crippen molar-refractivity contribution in [2.24, 2.45) is 0 Å². The Hall–Kier alpha value is -2.95. The number of carbonyl (C=O) groups is 3. The minimum atomic E-state index is -0.448. The van der Waals surface area contributed by atoms with Crippen LogP contribution in [-0.2, 0) is 9.53 Å². The minimum absolute atomic E-state index is 0.0336. The molecule has 0 saturated carbocycles. The van der Waals surface area contributed by atoms with Crippen molar-refractivity contribution in [2.45, 2.75) is 19.8 Å². The van der Waals surface area contributed by atoms with Crippen molar-refractivity contribution in [3.8, 4) is 0 Å². The zero-order valence-corrected chi connectivity index (χ0v) is 13.5. The number of hydrogen-bond acceptors (Lipinski definition) is 4. The molecule has 0 fully saturated rings. The Morgan fingerprint density at radius 1 is 0.917 bits per heavy atom. The average Bonchev–Trinajstić information content (AvgIpc) is 2.59. The molecule has 0 spiro atoms. The van der Waals surface area contributed by atoms with Gasteiger partial charge in [0.2, 0.25) is 5.91 Å². The molecule has 24 heavy (non-hydrogen) atoms. The number of nitrogens with one attached hydrogen (secondary N) is 1. The lowest BCUT2D eigenvalue weighted by molar-refractivity contribution is -0.114. The van der Waals surface area contributed by atoms with Crippen molar-refractivity contribution in [1.29, 1.82) is 0 Å². The third kappa shape index (κ3) is 5.35. The summed E-state index contributed by atoms with van der Waals surface area (Å²) in [6, 6.07) is 15.5. The van der Waals surface area contributed by atoms with Crippen LogP contribution in [0.5, 0.6) is 0 Å². The zero-order valence-electron chi connectivity index (χ0n) is 13.5. The Labute approximate surface area is 140 Å². The first-order valence-electron chi connectivity index (χ1n) is 7.69. The van der Waals surface area contributed by atoms with Gasteiger partial charge in [0.15, 0.2) is 5.78 Å². The van der Waals surface area contributed by atoms with E-state index < -0.39 is 5.97 Å². The van der Waals surface area contributed by atoms with Gasteiger partial charge in [-0.3, -0.25) is 9.59 Å². The quantitative estimate of drug-likeness (QED) is 0.481. The van der Waals surface area contributed by atoms with E-state index in [2.05, 4.69) is 5.32 Å². The summed E-state index contributed by atoms with van der Waals surface area (Å²) < 4.78 is 5.16. The van der Waals surface area contributed by atoms with Gasteiger partial charge in [-0.25, -0.2) is 4.79 Å².